The van der Waals surface area contributed by atoms with Gasteiger partial charge in [-0.3, -0.25) is 4.57 Å². The molecule has 0 aromatic carbocycles. The second kappa shape index (κ2) is 4.96. The maximum atomic E-state index is 10.5. The van der Waals surface area contributed by atoms with Crippen LogP contribution < -0.4 is 5.73 Å². The minimum absolute atomic E-state index is 0.190. The second-order valence-corrected chi connectivity index (χ2v) is 5.30. The number of hydrogen-bond donors (Lipinski definition) is 4. The Kier molecular flexibility index (Phi) is 3.37. The van der Waals surface area contributed by atoms with Gasteiger partial charge in [-0.15, -0.1) is 0 Å². The first kappa shape index (κ1) is 14.3. The topological polar surface area (TPSA) is 140 Å². The maximum Gasteiger partial charge on any atom is 0.216 e. The number of anilines is 1. The highest BCUT2D eigenvalue weighted by Crippen LogP contribution is 2.41. The van der Waals surface area contributed by atoms with Crippen LogP contribution in [0.3, 0.4) is 0 Å². The van der Waals surface area contributed by atoms with E-state index in [9.17, 15) is 15.3 Å². The lowest BCUT2D eigenvalue weighted by Gasteiger charge is -2.27. The number of aromatic nitrogens is 4. The Labute approximate surface area is 132 Å². The van der Waals surface area contributed by atoms with Gasteiger partial charge in [0.2, 0.25) is 11.8 Å². The normalized spacial score (nSPS) is 25.6. The number of aliphatic hydroxyl groups excluding tert-OH is 2. The molecule has 2 aromatic heterocycles. The molecule has 0 radical (unpaired) electrons. The number of fused-ring (bicyclic) bond motifs is 1. The summed E-state index contributed by atoms with van der Waals surface area (Å²) in [5.74, 6) is -0.00936. The lowest BCUT2D eigenvalue weighted by Crippen LogP contribution is -2.42. The minimum Gasteiger partial charge on any atom is -0.506 e. The van der Waals surface area contributed by atoms with Crippen molar-refractivity contribution in [3.63, 3.8) is 0 Å². The van der Waals surface area contributed by atoms with E-state index in [1.165, 1.54) is 17.2 Å². The number of hydrogen-bond acceptors (Lipinski definition) is 8. The van der Waals surface area contributed by atoms with Crippen molar-refractivity contribution < 1.29 is 20.1 Å². The molecule has 2 aromatic rings. The molecule has 1 unspecified atom stereocenters. The summed E-state index contributed by atoms with van der Waals surface area (Å²) in [5, 5.41) is 30.1. The summed E-state index contributed by atoms with van der Waals surface area (Å²) in [5.41, 5.74) is 4.43. The number of imidazole rings is 1. The van der Waals surface area contributed by atoms with Gasteiger partial charge in [-0.2, -0.15) is 0 Å². The first-order chi connectivity index (χ1) is 10.0. The molecule has 3 heterocycles. The molecule has 5 N–H and O–H groups in total. The van der Waals surface area contributed by atoms with Crippen LogP contribution in [0.15, 0.2) is 24.2 Å². The first-order valence-electron chi connectivity index (χ1n) is 5.94. The fourth-order valence-electron chi connectivity index (χ4n) is 2.22. The Hall–Kier alpha value is -1.66. The summed E-state index contributed by atoms with van der Waals surface area (Å²) in [6, 6.07) is 0. The van der Waals surface area contributed by atoms with E-state index in [4.69, 9.17) is 10.5 Å². The minimum atomic E-state index is -1.96. The molecule has 1 aliphatic rings. The lowest BCUT2D eigenvalue weighted by molar-refractivity contribution is -0.108. The molecule has 3 rings (SSSR count). The Balaban J connectivity index is 2.14. The number of allylic oxidation sites excluding steroid dienone is 1. The third-order valence-electron chi connectivity index (χ3n) is 3.34. The maximum absolute atomic E-state index is 10.5. The predicted molar refractivity (Wildman–Crippen MR) is 80.4 cm³/mol. The van der Waals surface area contributed by atoms with Gasteiger partial charge in [0.1, 0.15) is 23.9 Å². The number of aliphatic hydroxyl groups is 3. The second-order valence-electron chi connectivity index (χ2n) is 4.54. The fourth-order valence-corrected chi connectivity index (χ4v) is 2.76. The highest BCUT2D eigenvalue weighted by Gasteiger charge is 2.51. The van der Waals surface area contributed by atoms with Crippen molar-refractivity contribution in [2.24, 2.45) is 0 Å². The quantitative estimate of drug-likeness (QED) is 0.409. The number of ether oxygens (including phenoxy) is 1. The molecule has 0 amide bonds. The van der Waals surface area contributed by atoms with Crippen LogP contribution in [0.5, 0.6) is 0 Å². The summed E-state index contributed by atoms with van der Waals surface area (Å²) in [6.45, 7) is -0.718. The largest absolute Gasteiger partial charge is 0.506 e. The van der Waals surface area contributed by atoms with Gasteiger partial charge in [0.05, 0.1) is 11.0 Å². The molecule has 0 aliphatic carbocycles. The van der Waals surface area contributed by atoms with Gasteiger partial charge in [0.25, 0.3) is 0 Å². The Bertz CT molecular complexity index is 732. The summed E-state index contributed by atoms with van der Waals surface area (Å²) >= 11 is 1.98. The van der Waals surface area contributed by atoms with Crippen molar-refractivity contribution in [1.82, 2.24) is 19.5 Å². The Morgan fingerprint density at radius 1 is 1.43 bits per heavy atom. The van der Waals surface area contributed by atoms with Crippen molar-refractivity contribution in [3.05, 3.63) is 24.2 Å². The third-order valence-corrected chi connectivity index (χ3v) is 4.03. The molecule has 2 atom stereocenters. The monoisotopic (exact) mass is 405 g/mol. The highest BCUT2D eigenvalue weighted by molar-refractivity contribution is 14.1. The zero-order chi connectivity index (χ0) is 15.2. The van der Waals surface area contributed by atoms with E-state index in [-0.39, 0.29) is 11.6 Å². The lowest BCUT2D eigenvalue weighted by atomic mass is 10.0. The average Bonchev–Trinajstić information content (AvgIpc) is 3.01. The molecule has 0 spiro atoms. The van der Waals surface area contributed by atoms with Crippen LogP contribution in [0.2, 0.25) is 0 Å². The molecule has 0 saturated carbocycles. The third kappa shape index (κ3) is 1.93. The van der Waals surface area contributed by atoms with Crippen molar-refractivity contribution in [2.45, 2.75) is 11.8 Å². The summed E-state index contributed by atoms with van der Waals surface area (Å²) in [6.07, 6.45) is 1.53. The van der Waals surface area contributed by atoms with E-state index in [2.05, 4.69) is 15.0 Å². The molecular weight excluding hydrogens is 393 g/mol. The zero-order valence-electron chi connectivity index (χ0n) is 10.6. The number of nitrogens with zero attached hydrogens (tertiary/aromatic N) is 4. The van der Waals surface area contributed by atoms with Crippen LogP contribution in [-0.2, 0) is 4.74 Å². The smallest absolute Gasteiger partial charge is 0.216 e. The van der Waals surface area contributed by atoms with E-state index < -0.39 is 24.2 Å². The zero-order valence-corrected chi connectivity index (χ0v) is 12.8. The van der Waals surface area contributed by atoms with Crippen LogP contribution in [0, 0.1) is 0 Å². The van der Waals surface area contributed by atoms with Gasteiger partial charge in [-0.1, -0.05) is 22.6 Å². The van der Waals surface area contributed by atoms with Crippen molar-refractivity contribution in [3.8, 4) is 0 Å². The van der Waals surface area contributed by atoms with Crippen LogP contribution >= 0.6 is 22.6 Å². The number of nitrogen functional groups attached to an aromatic ring is 1. The van der Waals surface area contributed by atoms with Gasteiger partial charge in [-0.05, 0) is 0 Å². The van der Waals surface area contributed by atoms with Crippen molar-refractivity contribution >= 4 is 39.6 Å². The molecule has 1 aliphatic heterocycles. The van der Waals surface area contributed by atoms with Gasteiger partial charge in [0.15, 0.2) is 17.2 Å². The SMILES string of the molecule is Nc1ncnc2c1ncn2[C@@H]1OC(CI)=C(O)C1(O)CO. The number of nitrogens with two attached hydrogens (primary N) is 1. The fraction of sp³-hybridized carbons (Fsp3) is 0.364. The number of rotatable bonds is 3. The van der Waals surface area contributed by atoms with Crippen molar-refractivity contribution in [1.29, 1.82) is 0 Å². The summed E-state index contributed by atoms with van der Waals surface area (Å²) < 4.78 is 7.30. The van der Waals surface area contributed by atoms with Gasteiger partial charge in [-0.25, -0.2) is 15.0 Å². The average molecular weight is 405 g/mol. The number of alkyl halides is 1. The van der Waals surface area contributed by atoms with Gasteiger partial charge >= 0.3 is 0 Å². The van der Waals surface area contributed by atoms with Crippen LogP contribution in [0.1, 0.15) is 6.23 Å². The van der Waals surface area contributed by atoms with Gasteiger partial charge < -0.3 is 25.8 Å². The molecular formula is C11H12IN5O4. The summed E-state index contributed by atoms with van der Waals surface area (Å²) in [4.78, 5) is 12.0. The molecule has 21 heavy (non-hydrogen) atoms. The molecule has 9 nitrogen and oxygen atoms in total. The Morgan fingerprint density at radius 3 is 2.86 bits per heavy atom. The van der Waals surface area contributed by atoms with E-state index in [0.29, 0.717) is 15.6 Å². The van der Waals surface area contributed by atoms with Crippen LogP contribution in [0.4, 0.5) is 5.82 Å². The predicted octanol–water partition coefficient (Wildman–Crippen LogP) is -0.135. The molecule has 10 heteroatoms. The van der Waals surface area contributed by atoms with Crippen LogP contribution in [-0.4, -0.2) is 51.5 Å². The molecule has 0 saturated heterocycles. The molecule has 0 fully saturated rings. The van der Waals surface area contributed by atoms with E-state index in [0.717, 1.165) is 0 Å². The van der Waals surface area contributed by atoms with Crippen LogP contribution in [0.25, 0.3) is 11.2 Å². The molecule has 0 bridgehead atoms. The first-order valence-corrected chi connectivity index (χ1v) is 7.47. The highest BCUT2D eigenvalue weighted by atomic mass is 127. The van der Waals surface area contributed by atoms with Crippen molar-refractivity contribution in [2.75, 3.05) is 16.8 Å². The summed E-state index contributed by atoms with van der Waals surface area (Å²) in [7, 11) is 0. The van der Waals surface area contributed by atoms with E-state index in [1.54, 1.807) is 0 Å². The number of halogens is 1. The van der Waals surface area contributed by atoms with E-state index >= 15 is 0 Å². The van der Waals surface area contributed by atoms with E-state index in [1.807, 2.05) is 22.6 Å². The van der Waals surface area contributed by atoms with Gasteiger partial charge in [0, 0.05) is 0 Å². The standard InChI is InChI=1S/C11H12IN5O4/c12-1-5-7(19)11(20,2-18)10(21-5)17-4-16-6-8(13)14-3-15-9(6)17/h3-4,10,18-20H,1-2H2,(H2,13,14,15)/t10-,11?/m1/s1. The Morgan fingerprint density at radius 2 is 2.19 bits per heavy atom. The molecule has 112 valence electrons.